The summed E-state index contributed by atoms with van der Waals surface area (Å²) >= 11 is 0. The molecule has 0 unspecified atom stereocenters. The van der Waals surface area contributed by atoms with Gasteiger partial charge in [0.2, 0.25) is 0 Å². The number of hydrogen-bond donors (Lipinski definition) is 0. The van der Waals surface area contributed by atoms with Crippen molar-refractivity contribution in [3.63, 3.8) is 0 Å². The van der Waals surface area contributed by atoms with Crippen LogP contribution in [0.3, 0.4) is 0 Å². The minimum atomic E-state index is 0.611. The molecular weight excluding hydrogens is 364 g/mol. The van der Waals surface area contributed by atoms with Gasteiger partial charge in [-0.05, 0) is 60.0 Å². The van der Waals surface area contributed by atoms with Gasteiger partial charge in [0.1, 0.15) is 0 Å². The summed E-state index contributed by atoms with van der Waals surface area (Å²) in [6.07, 6.45) is 8.61. The highest BCUT2D eigenvalue weighted by Crippen LogP contribution is 2.40. The van der Waals surface area contributed by atoms with E-state index in [4.69, 9.17) is 14.8 Å². The molecule has 1 aliphatic rings. The van der Waals surface area contributed by atoms with E-state index in [1.165, 1.54) is 12.8 Å². The molecule has 0 aliphatic heterocycles. The third-order valence-corrected chi connectivity index (χ3v) is 4.81. The standard InChI is InChI=1S/C19H19N5O.C3H9N/c1-11-8-24-17(12(2)20-11)7-15(22-24)14-6-18(25-3)19-21-16(13-4-5-13)10-23(19)9-14;1-4(2)3/h6-10,13H,4-5H2,1-3H3;1-3H3. The Morgan fingerprint density at radius 3 is 2.41 bits per heavy atom. The van der Waals surface area contributed by atoms with Gasteiger partial charge in [-0.3, -0.25) is 4.98 Å². The van der Waals surface area contributed by atoms with Gasteiger partial charge in [0.05, 0.1) is 41.6 Å². The fourth-order valence-electron chi connectivity index (χ4n) is 3.38. The predicted octanol–water partition coefficient (Wildman–Crippen LogP) is 3.72. The van der Waals surface area contributed by atoms with Crippen LogP contribution in [0.1, 0.15) is 35.8 Å². The first kappa shape index (κ1) is 19.4. The molecule has 7 nitrogen and oxygen atoms in total. The maximum Gasteiger partial charge on any atom is 0.179 e. The van der Waals surface area contributed by atoms with Crippen molar-refractivity contribution in [1.29, 1.82) is 0 Å². The third-order valence-electron chi connectivity index (χ3n) is 4.81. The molecule has 4 aromatic heterocycles. The molecule has 0 atom stereocenters. The molecule has 5 rings (SSSR count). The van der Waals surface area contributed by atoms with Crippen LogP contribution >= 0.6 is 0 Å². The number of hydrogen-bond acceptors (Lipinski definition) is 5. The largest absolute Gasteiger partial charge is 0.493 e. The maximum atomic E-state index is 5.59. The number of aryl methyl sites for hydroxylation is 2. The molecule has 1 fully saturated rings. The molecule has 1 saturated carbocycles. The summed E-state index contributed by atoms with van der Waals surface area (Å²) in [4.78, 5) is 11.3. The van der Waals surface area contributed by atoms with E-state index in [0.717, 1.165) is 45.3 Å². The summed E-state index contributed by atoms with van der Waals surface area (Å²) in [5.41, 5.74) is 6.87. The number of imidazole rings is 1. The van der Waals surface area contributed by atoms with Gasteiger partial charge >= 0.3 is 0 Å². The van der Waals surface area contributed by atoms with Crippen molar-refractivity contribution < 1.29 is 4.74 Å². The van der Waals surface area contributed by atoms with E-state index in [-0.39, 0.29) is 0 Å². The van der Waals surface area contributed by atoms with Gasteiger partial charge in [-0.15, -0.1) is 0 Å². The molecule has 152 valence electrons. The number of ether oxygens (including phenoxy) is 1. The lowest BCUT2D eigenvalue weighted by atomic mass is 10.2. The third kappa shape index (κ3) is 3.96. The molecule has 29 heavy (non-hydrogen) atoms. The highest BCUT2D eigenvalue weighted by Gasteiger charge is 2.27. The first-order valence-corrected chi connectivity index (χ1v) is 9.87. The van der Waals surface area contributed by atoms with Crippen LogP contribution in [0.5, 0.6) is 5.75 Å². The van der Waals surface area contributed by atoms with Gasteiger partial charge in [-0.1, -0.05) is 0 Å². The molecule has 4 aromatic rings. The lowest BCUT2D eigenvalue weighted by Crippen LogP contribution is -1.99. The Balaban J connectivity index is 0.000000472. The zero-order valence-electron chi connectivity index (χ0n) is 18.0. The monoisotopic (exact) mass is 392 g/mol. The molecule has 0 N–H and O–H groups in total. The lowest BCUT2D eigenvalue weighted by Gasteiger charge is -2.05. The number of pyridine rings is 1. The fraction of sp³-hybridized carbons (Fsp3) is 0.409. The predicted molar refractivity (Wildman–Crippen MR) is 115 cm³/mol. The lowest BCUT2D eigenvalue weighted by molar-refractivity contribution is 0.417. The Kier molecular flexibility index (Phi) is 5.00. The van der Waals surface area contributed by atoms with Crippen molar-refractivity contribution in [3.8, 4) is 17.0 Å². The quantitative estimate of drug-likeness (QED) is 0.532. The summed E-state index contributed by atoms with van der Waals surface area (Å²) < 4.78 is 9.54. The summed E-state index contributed by atoms with van der Waals surface area (Å²) in [7, 11) is 7.69. The maximum absolute atomic E-state index is 5.59. The van der Waals surface area contributed by atoms with Crippen LogP contribution in [-0.4, -0.2) is 57.1 Å². The molecule has 0 amide bonds. The van der Waals surface area contributed by atoms with Gasteiger partial charge in [0.15, 0.2) is 11.4 Å². The molecular formula is C22H28N6O. The Bertz CT molecular complexity index is 1170. The van der Waals surface area contributed by atoms with Crippen molar-refractivity contribution in [3.05, 3.63) is 47.8 Å². The molecule has 7 heteroatoms. The van der Waals surface area contributed by atoms with Crippen LogP contribution in [0, 0.1) is 13.8 Å². The topological polar surface area (TPSA) is 60.0 Å². The zero-order chi connectivity index (χ0) is 20.7. The number of aromatic nitrogens is 5. The smallest absolute Gasteiger partial charge is 0.179 e. The van der Waals surface area contributed by atoms with Gasteiger partial charge in [-0.2, -0.15) is 5.10 Å². The van der Waals surface area contributed by atoms with Crippen LogP contribution in [-0.2, 0) is 0 Å². The van der Waals surface area contributed by atoms with Crippen molar-refractivity contribution in [2.45, 2.75) is 32.6 Å². The molecule has 1 aliphatic carbocycles. The number of nitrogens with zero attached hydrogens (tertiary/aromatic N) is 6. The molecule has 0 radical (unpaired) electrons. The van der Waals surface area contributed by atoms with Crippen LogP contribution in [0.4, 0.5) is 0 Å². The van der Waals surface area contributed by atoms with E-state index in [1.54, 1.807) is 7.11 Å². The second-order valence-corrected chi connectivity index (χ2v) is 8.14. The van der Waals surface area contributed by atoms with Crippen LogP contribution in [0.25, 0.3) is 22.4 Å². The van der Waals surface area contributed by atoms with Crippen LogP contribution in [0.2, 0.25) is 0 Å². The summed E-state index contributed by atoms with van der Waals surface area (Å²) in [5.74, 6) is 1.38. The Labute approximate surface area is 171 Å². The molecule has 0 saturated heterocycles. The first-order valence-electron chi connectivity index (χ1n) is 9.87. The van der Waals surface area contributed by atoms with Gasteiger partial charge in [0, 0.05) is 23.9 Å². The minimum Gasteiger partial charge on any atom is -0.493 e. The van der Waals surface area contributed by atoms with Crippen molar-refractivity contribution in [2.75, 3.05) is 28.3 Å². The van der Waals surface area contributed by atoms with Crippen molar-refractivity contribution in [2.24, 2.45) is 0 Å². The average Bonchev–Trinajstić information content (AvgIpc) is 3.26. The number of rotatable bonds is 3. The Hall–Kier alpha value is -2.93. The Morgan fingerprint density at radius 2 is 1.76 bits per heavy atom. The highest BCUT2D eigenvalue weighted by molar-refractivity contribution is 5.71. The second kappa shape index (κ2) is 7.48. The van der Waals surface area contributed by atoms with Crippen molar-refractivity contribution in [1.82, 2.24) is 28.9 Å². The SMILES string of the molecule is CN(C)C.COc1cc(-c2cc3c(C)nc(C)cn3n2)cn2cc(C3CC3)nc12. The van der Waals surface area contributed by atoms with E-state index >= 15 is 0 Å². The first-order chi connectivity index (χ1) is 13.9. The minimum absolute atomic E-state index is 0.611. The fourth-order valence-corrected chi connectivity index (χ4v) is 3.38. The van der Waals surface area contributed by atoms with Crippen LogP contribution < -0.4 is 4.74 Å². The van der Waals surface area contributed by atoms with E-state index in [0.29, 0.717) is 5.92 Å². The number of methoxy groups -OCH3 is 1. The van der Waals surface area contributed by atoms with Gasteiger partial charge < -0.3 is 14.0 Å². The van der Waals surface area contributed by atoms with Gasteiger partial charge in [0.25, 0.3) is 0 Å². The normalized spacial score (nSPS) is 13.8. The van der Waals surface area contributed by atoms with E-state index in [9.17, 15) is 0 Å². The summed E-state index contributed by atoms with van der Waals surface area (Å²) in [5, 5.41) is 4.73. The second-order valence-electron chi connectivity index (χ2n) is 8.14. The number of fused-ring (bicyclic) bond motifs is 2. The summed E-state index contributed by atoms with van der Waals surface area (Å²) in [6.45, 7) is 3.99. The zero-order valence-corrected chi connectivity index (χ0v) is 18.0. The molecule has 0 spiro atoms. The van der Waals surface area contributed by atoms with Crippen molar-refractivity contribution >= 4 is 11.2 Å². The molecule has 0 aromatic carbocycles. The van der Waals surface area contributed by atoms with E-state index < -0.39 is 0 Å². The molecule has 0 bridgehead atoms. The van der Waals surface area contributed by atoms with E-state index in [1.807, 2.05) is 56.7 Å². The summed E-state index contributed by atoms with van der Waals surface area (Å²) in [6, 6.07) is 4.08. The van der Waals surface area contributed by atoms with Crippen LogP contribution in [0.15, 0.2) is 30.7 Å². The average molecular weight is 393 g/mol. The van der Waals surface area contributed by atoms with E-state index in [2.05, 4.69) is 27.8 Å². The van der Waals surface area contributed by atoms with Gasteiger partial charge in [-0.25, -0.2) is 9.50 Å². The molecule has 4 heterocycles. The highest BCUT2D eigenvalue weighted by atomic mass is 16.5. The Morgan fingerprint density at radius 1 is 1.03 bits per heavy atom.